The molecule has 3 rings (SSSR count). The molecule has 0 amide bonds. The fraction of sp³-hybridized carbons (Fsp3) is 0.524. The van der Waals surface area contributed by atoms with E-state index in [0.29, 0.717) is 18.1 Å². The van der Waals surface area contributed by atoms with Crippen LogP contribution >= 0.6 is 34.7 Å². The van der Waals surface area contributed by atoms with E-state index in [-0.39, 0.29) is 6.61 Å². The maximum Gasteiger partial charge on any atom is 0.108 e. The molecule has 5 nitrogen and oxygen atoms in total. The van der Waals surface area contributed by atoms with Crippen molar-refractivity contribution in [1.82, 2.24) is 0 Å². The normalized spacial score (nSPS) is 27.3. The summed E-state index contributed by atoms with van der Waals surface area (Å²) in [6, 6.07) is 8.04. The van der Waals surface area contributed by atoms with Crippen LogP contribution in [0.2, 0.25) is 5.02 Å². The molecule has 1 aliphatic rings. The number of ether oxygens (including phenoxy) is 1. The van der Waals surface area contributed by atoms with E-state index in [9.17, 15) is 20.4 Å². The SMILES string of the molecule is CCc1ccc(Cc2cc(C3S[C@H](CO)[C@@H](O)[C@H](O)[C@H]3O)c(COC)cc2Cl)s1. The number of aliphatic hydroxyl groups is 4. The molecule has 0 bridgehead atoms. The van der Waals surface area contributed by atoms with Crippen LogP contribution in [0.25, 0.3) is 0 Å². The van der Waals surface area contributed by atoms with E-state index in [1.807, 2.05) is 12.1 Å². The lowest BCUT2D eigenvalue weighted by molar-refractivity contribution is -0.0701. The first-order chi connectivity index (χ1) is 13.9. The molecule has 2 heterocycles. The number of rotatable bonds is 7. The topological polar surface area (TPSA) is 90.2 Å². The van der Waals surface area contributed by atoms with Crippen molar-refractivity contribution >= 4 is 34.7 Å². The predicted molar refractivity (Wildman–Crippen MR) is 118 cm³/mol. The minimum absolute atomic E-state index is 0.291. The Morgan fingerprint density at radius 2 is 1.76 bits per heavy atom. The summed E-state index contributed by atoms with van der Waals surface area (Å²) in [5.74, 6) is 0. The smallest absolute Gasteiger partial charge is 0.108 e. The minimum Gasteiger partial charge on any atom is -0.395 e. The van der Waals surface area contributed by atoms with E-state index in [0.717, 1.165) is 23.1 Å². The average molecular weight is 459 g/mol. The monoisotopic (exact) mass is 458 g/mol. The average Bonchev–Trinajstić information content (AvgIpc) is 3.17. The number of methoxy groups -OCH3 is 1. The van der Waals surface area contributed by atoms with Crippen LogP contribution in [-0.4, -0.2) is 57.7 Å². The quantitative estimate of drug-likeness (QED) is 0.510. The number of thioether (sulfide) groups is 1. The third-order valence-corrected chi connectivity index (χ3v) is 8.42. The van der Waals surface area contributed by atoms with Crippen molar-refractivity contribution in [2.45, 2.75) is 55.2 Å². The van der Waals surface area contributed by atoms with Crippen LogP contribution in [0.4, 0.5) is 0 Å². The van der Waals surface area contributed by atoms with Gasteiger partial charge in [-0.3, -0.25) is 0 Å². The van der Waals surface area contributed by atoms with Gasteiger partial charge in [-0.2, -0.15) is 0 Å². The van der Waals surface area contributed by atoms with E-state index >= 15 is 0 Å². The number of thiophene rings is 1. The Morgan fingerprint density at radius 1 is 1.03 bits per heavy atom. The first-order valence-electron chi connectivity index (χ1n) is 9.57. The number of hydrogen-bond donors (Lipinski definition) is 4. The van der Waals surface area contributed by atoms with Crippen LogP contribution in [0.1, 0.15) is 38.6 Å². The van der Waals surface area contributed by atoms with Crippen LogP contribution in [0.3, 0.4) is 0 Å². The molecule has 4 N–H and O–H groups in total. The molecule has 2 aromatic rings. The second kappa shape index (κ2) is 10.1. The lowest BCUT2D eigenvalue weighted by Crippen LogP contribution is -2.51. The highest BCUT2D eigenvalue weighted by Gasteiger charge is 2.44. The van der Waals surface area contributed by atoms with E-state index < -0.39 is 28.8 Å². The number of hydrogen-bond acceptors (Lipinski definition) is 7. The van der Waals surface area contributed by atoms with Crippen LogP contribution < -0.4 is 0 Å². The zero-order chi connectivity index (χ0) is 21.1. The number of aliphatic hydroxyl groups excluding tert-OH is 4. The molecule has 1 aliphatic heterocycles. The highest BCUT2D eigenvalue weighted by atomic mass is 35.5. The Balaban J connectivity index is 1.99. The summed E-state index contributed by atoms with van der Waals surface area (Å²) in [6.45, 7) is 2.14. The van der Waals surface area contributed by atoms with Crippen molar-refractivity contribution in [2.24, 2.45) is 0 Å². The van der Waals surface area contributed by atoms with Crippen molar-refractivity contribution in [2.75, 3.05) is 13.7 Å². The van der Waals surface area contributed by atoms with Gasteiger partial charge < -0.3 is 25.2 Å². The molecule has 1 fully saturated rings. The van der Waals surface area contributed by atoms with Gasteiger partial charge >= 0.3 is 0 Å². The molecule has 8 heteroatoms. The van der Waals surface area contributed by atoms with Gasteiger partial charge in [-0.1, -0.05) is 24.6 Å². The Labute approximate surface area is 184 Å². The summed E-state index contributed by atoms with van der Waals surface area (Å²) in [5, 5.41) is 40.2. The Hall–Kier alpha value is -0.640. The Kier molecular flexibility index (Phi) is 8.03. The molecular formula is C21H27ClO5S2. The molecule has 1 aromatic heterocycles. The standard InChI is InChI=1S/C21H27ClO5S2/c1-3-13-4-5-14(28-13)6-11-7-15(12(10-27-2)8-16(11)22)21-20(26)19(25)18(24)17(9-23)29-21/h4-5,7-8,17-21,23-26H,3,6,9-10H2,1-2H3/t17-,18-,19+,20-,21?/m1/s1. The molecule has 0 saturated carbocycles. The Bertz CT molecular complexity index is 825. The molecule has 29 heavy (non-hydrogen) atoms. The molecule has 5 atom stereocenters. The third kappa shape index (κ3) is 4.99. The first-order valence-corrected chi connectivity index (χ1v) is 11.7. The van der Waals surface area contributed by atoms with Gasteiger partial charge in [-0.15, -0.1) is 23.1 Å². The van der Waals surface area contributed by atoms with Gasteiger partial charge in [0, 0.05) is 28.3 Å². The second-order valence-electron chi connectivity index (χ2n) is 7.22. The van der Waals surface area contributed by atoms with E-state index in [4.69, 9.17) is 16.3 Å². The second-order valence-corrected chi connectivity index (χ2v) is 10.3. The zero-order valence-corrected chi connectivity index (χ0v) is 18.8. The van der Waals surface area contributed by atoms with Gasteiger partial charge in [0.25, 0.3) is 0 Å². The molecular weight excluding hydrogens is 432 g/mol. The number of halogens is 1. The predicted octanol–water partition coefficient (Wildman–Crippen LogP) is 2.93. The zero-order valence-electron chi connectivity index (χ0n) is 16.4. The maximum atomic E-state index is 10.7. The van der Waals surface area contributed by atoms with Gasteiger partial charge in [0.2, 0.25) is 0 Å². The summed E-state index contributed by atoms with van der Waals surface area (Å²) >= 11 is 9.58. The highest BCUT2D eigenvalue weighted by Crippen LogP contribution is 2.45. The van der Waals surface area contributed by atoms with Gasteiger partial charge in [-0.05, 0) is 41.3 Å². The summed E-state index contributed by atoms with van der Waals surface area (Å²) < 4.78 is 5.32. The van der Waals surface area contributed by atoms with Gasteiger partial charge in [0.05, 0.1) is 35.9 Å². The summed E-state index contributed by atoms with van der Waals surface area (Å²) in [7, 11) is 1.59. The van der Waals surface area contributed by atoms with Crippen molar-refractivity contribution in [1.29, 1.82) is 0 Å². The van der Waals surface area contributed by atoms with Crippen molar-refractivity contribution < 1.29 is 25.2 Å². The van der Waals surface area contributed by atoms with Crippen molar-refractivity contribution in [3.8, 4) is 0 Å². The van der Waals surface area contributed by atoms with Gasteiger partial charge in [-0.25, -0.2) is 0 Å². The molecule has 160 valence electrons. The van der Waals surface area contributed by atoms with E-state index in [2.05, 4.69) is 19.1 Å². The minimum atomic E-state index is -1.34. The maximum absolute atomic E-state index is 10.7. The first kappa shape index (κ1) is 23.0. The lowest BCUT2D eigenvalue weighted by atomic mass is 9.92. The third-order valence-electron chi connectivity index (χ3n) is 5.24. The fourth-order valence-electron chi connectivity index (χ4n) is 3.61. The summed E-state index contributed by atoms with van der Waals surface area (Å²) in [4.78, 5) is 2.52. The van der Waals surface area contributed by atoms with Crippen molar-refractivity contribution in [3.05, 3.63) is 55.7 Å². The molecule has 1 saturated heterocycles. The lowest BCUT2D eigenvalue weighted by Gasteiger charge is -2.40. The molecule has 0 spiro atoms. The molecule has 1 unspecified atom stereocenters. The molecule has 1 aromatic carbocycles. The van der Waals surface area contributed by atoms with Gasteiger partial charge in [0.1, 0.15) is 6.10 Å². The Morgan fingerprint density at radius 3 is 2.38 bits per heavy atom. The van der Waals surface area contributed by atoms with Crippen LogP contribution in [-0.2, 0) is 24.2 Å². The summed E-state index contributed by atoms with van der Waals surface area (Å²) in [6.07, 6.45) is -2.03. The van der Waals surface area contributed by atoms with Crippen molar-refractivity contribution in [3.63, 3.8) is 0 Å². The van der Waals surface area contributed by atoms with Crippen LogP contribution in [0, 0.1) is 0 Å². The van der Waals surface area contributed by atoms with E-state index in [1.165, 1.54) is 21.5 Å². The largest absolute Gasteiger partial charge is 0.395 e. The van der Waals surface area contributed by atoms with Crippen LogP contribution in [0.15, 0.2) is 24.3 Å². The fourth-order valence-corrected chi connectivity index (χ4v) is 6.32. The van der Waals surface area contributed by atoms with Gasteiger partial charge in [0.15, 0.2) is 0 Å². The summed E-state index contributed by atoms with van der Waals surface area (Å²) in [5.41, 5.74) is 2.55. The number of aryl methyl sites for hydroxylation is 1. The molecule has 0 aliphatic carbocycles. The molecule has 0 radical (unpaired) electrons. The highest BCUT2D eigenvalue weighted by molar-refractivity contribution is 8.00. The number of benzene rings is 1. The van der Waals surface area contributed by atoms with E-state index in [1.54, 1.807) is 18.4 Å². The van der Waals surface area contributed by atoms with Crippen LogP contribution in [0.5, 0.6) is 0 Å².